The van der Waals surface area contributed by atoms with Gasteiger partial charge in [-0.3, -0.25) is 0 Å². The van der Waals surface area contributed by atoms with Crippen LogP contribution >= 0.6 is 8.25 Å². The minimum Gasteiger partial charge on any atom is -1.00 e. The number of phenolic OH excluding ortho intramolecular Hbond substituents is 1. The molecule has 0 bridgehead atoms. The Morgan fingerprint density at radius 1 is 1.00 bits per heavy atom. The van der Waals surface area contributed by atoms with Gasteiger partial charge in [-0.1, -0.05) is 42.5 Å². The van der Waals surface area contributed by atoms with Gasteiger partial charge in [-0.25, -0.2) is 4.52 Å². The molecule has 24 heavy (non-hydrogen) atoms. The largest absolute Gasteiger partial charge is 1.00 e. The van der Waals surface area contributed by atoms with Crippen LogP contribution in [0.15, 0.2) is 60.7 Å². The summed E-state index contributed by atoms with van der Waals surface area (Å²) >= 11 is 0. The van der Waals surface area contributed by atoms with E-state index in [2.05, 4.69) is 12.1 Å². The summed E-state index contributed by atoms with van der Waals surface area (Å²) in [7, 11) is -2.27. The van der Waals surface area contributed by atoms with E-state index >= 15 is 0 Å². The number of fused-ring (bicyclic) bond motifs is 1. The molecular formula is C18H17NaO4P+. The summed E-state index contributed by atoms with van der Waals surface area (Å²) in [6.45, 7) is 2.00. The van der Waals surface area contributed by atoms with Crippen molar-refractivity contribution in [2.75, 3.05) is 6.61 Å². The first kappa shape index (κ1) is 18.9. The Balaban J connectivity index is 0.00000156. The maximum atomic E-state index is 11.5. The Hall–Kier alpha value is -1.42. The Kier molecular flexibility index (Phi) is 6.79. The number of rotatable bonds is 5. The number of benzene rings is 3. The van der Waals surface area contributed by atoms with Crippen molar-refractivity contribution in [3.63, 3.8) is 0 Å². The number of hydrogen-bond acceptors (Lipinski definition) is 4. The van der Waals surface area contributed by atoms with Gasteiger partial charge in [-0.15, -0.1) is 4.52 Å². The first-order valence-corrected chi connectivity index (χ1v) is 8.37. The molecule has 0 radical (unpaired) electrons. The molecule has 3 rings (SSSR count). The second-order valence-corrected chi connectivity index (χ2v) is 5.87. The van der Waals surface area contributed by atoms with E-state index in [-0.39, 0.29) is 49.1 Å². The van der Waals surface area contributed by atoms with E-state index in [9.17, 15) is 9.67 Å². The first-order valence-electron chi connectivity index (χ1n) is 7.27. The number of hydrogen-bond donors (Lipinski definition) is 1. The molecule has 1 N–H and O–H groups in total. The predicted octanol–water partition coefficient (Wildman–Crippen LogP) is 2.40. The summed E-state index contributed by atoms with van der Waals surface area (Å²) in [5.41, 5.74) is 1.84. The van der Waals surface area contributed by atoms with E-state index in [1.807, 2.05) is 36.4 Å². The average Bonchev–Trinajstić information content (AvgIpc) is 2.56. The zero-order valence-corrected chi connectivity index (χ0v) is 16.5. The van der Waals surface area contributed by atoms with Crippen LogP contribution in [0.3, 0.4) is 0 Å². The summed E-state index contributed by atoms with van der Waals surface area (Å²) in [5, 5.41) is 12.4. The maximum Gasteiger partial charge on any atom is 1.00 e. The van der Waals surface area contributed by atoms with Crippen molar-refractivity contribution in [1.29, 1.82) is 0 Å². The monoisotopic (exact) mass is 351 g/mol. The third-order valence-electron chi connectivity index (χ3n) is 3.45. The quantitative estimate of drug-likeness (QED) is 0.567. The van der Waals surface area contributed by atoms with Crippen molar-refractivity contribution < 1.29 is 49.7 Å². The Morgan fingerprint density at radius 2 is 1.67 bits per heavy atom. The average molecular weight is 351 g/mol. The van der Waals surface area contributed by atoms with Gasteiger partial charge in [0.15, 0.2) is 5.75 Å². The second-order valence-electron chi connectivity index (χ2n) is 4.98. The molecule has 0 aliphatic carbocycles. The molecule has 118 valence electrons. The molecule has 0 saturated carbocycles. The molecule has 6 heteroatoms. The molecule has 0 heterocycles. The van der Waals surface area contributed by atoms with Gasteiger partial charge in [0.2, 0.25) is 5.75 Å². The summed E-state index contributed by atoms with van der Waals surface area (Å²) < 4.78 is 21.4. The van der Waals surface area contributed by atoms with Crippen LogP contribution in [0.2, 0.25) is 0 Å². The van der Waals surface area contributed by atoms with Crippen LogP contribution in [0.25, 0.3) is 21.9 Å². The van der Waals surface area contributed by atoms with E-state index in [0.29, 0.717) is 0 Å². The molecule has 0 fully saturated rings. The molecule has 1 unspecified atom stereocenters. The number of aromatic hydroxyl groups is 1. The second kappa shape index (κ2) is 8.61. The zero-order valence-electron chi connectivity index (χ0n) is 14.6. The molecule has 0 saturated heterocycles. The Labute approximate surface area is 165 Å². The van der Waals surface area contributed by atoms with Gasteiger partial charge in [-0.2, -0.15) is 0 Å². The smallest absolute Gasteiger partial charge is 1.00 e. The molecule has 3 aromatic carbocycles. The predicted molar refractivity (Wildman–Crippen MR) is 92.0 cm³/mol. The van der Waals surface area contributed by atoms with Crippen LogP contribution in [-0.2, 0) is 9.09 Å². The van der Waals surface area contributed by atoms with Crippen LogP contribution in [-0.4, -0.2) is 11.7 Å². The fraction of sp³-hybridized carbons (Fsp3) is 0.111. The molecule has 3 aromatic rings. The van der Waals surface area contributed by atoms with Gasteiger partial charge in [0.05, 0.1) is 0 Å². The molecule has 1 atom stereocenters. The van der Waals surface area contributed by atoms with Crippen LogP contribution in [0, 0.1) is 0 Å². The molecule has 0 aromatic heterocycles. The Morgan fingerprint density at radius 3 is 2.38 bits per heavy atom. The van der Waals surface area contributed by atoms with Crippen molar-refractivity contribution in [2.45, 2.75) is 6.92 Å². The first-order chi connectivity index (χ1) is 11.2. The van der Waals surface area contributed by atoms with Crippen LogP contribution < -0.4 is 34.1 Å². The fourth-order valence-corrected chi connectivity index (χ4v) is 2.93. The van der Waals surface area contributed by atoms with Crippen molar-refractivity contribution in [3.8, 4) is 22.6 Å². The normalized spacial score (nSPS) is 11.0. The van der Waals surface area contributed by atoms with E-state index in [1.54, 1.807) is 19.1 Å². The molecule has 4 nitrogen and oxygen atoms in total. The van der Waals surface area contributed by atoms with Gasteiger partial charge in [0, 0.05) is 4.57 Å². The van der Waals surface area contributed by atoms with Gasteiger partial charge in [0.25, 0.3) is 0 Å². The molecule has 0 spiro atoms. The molecule has 0 aliphatic heterocycles. The van der Waals surface area contributed by atoms with E-state index in [0.717, 1.165) is 21.9 Å². The fourth-order valence-electron chi connectivity index (χ4n) is 2.36. The van der Waals surface area contributed by atoms with Crippen LogP contribution in [0.1, 0.15) is 8.35 Å². The van der Waals surface area contributed by atoms with Crippen LogP contribution in [0.5, 0.6) is 11.5 Å². The maximum absolute atomic E-state index is 11.5. The minimum absolute atomic E-state index is 0. The van der Waals surface area contributed by atoms with Crippen molar-refractivity contribution in [1.82, 2.24) is 0 Å². The van der Waals surface area contributed by atoms with Crippen molar-refractivity contribution in [3.05, 3.63) is 60.7 Å². The van der Waals surface area contributed by atoms with Crippen LogP contribution in [0.4, 0.5) is 0 Å². The van der Waals surface area contributed by atoms with Crippen molar-refractivity contribution >= 4 is 19.0 Å². The van der Waals surface area contributed by atoms with Gasteiger partial charge < -0.3 is 6.53 Å². The van der Waals surface area contributed by atoms with E-state index in [1.165, 1.54) is 0 Å². The van der Waals surface area contributed by atoms with Crippen molar-refractivity contribution in [2.24, 2.45) is 0 Å². The van der Waals surface area contributed by atoms with Gasteiger partial charge in [-0.05, 0) is 47.0 Å². The third-order valence-corrected chi connectivity index (χ3v) is 4.26. The van der Waals surface area contributed by atoms with E-state index < -0.39 is 8.25 Å². The Bertz CT molecular complexity index is 873. The minimum atomic E-state index is -2.27. The topological polar surface area (TPSA) is 55.8 Å². The molecule has 0 amide bonds. The third kappa shape index (κ3) is 4.35. The summed E-state index contributed by atoms with van der Waals surface area (Å²) in [6, 6.07) is 19.2. The summed E-state index contributed by atoms with van der Waals surface area (Å²) in [5.74, 6) is 0.0720. The van der Waals surface area contributed by atoms with Gasteiger partial charge >= 0.3 is 37.8 Å². The zero-order chi connectivity index (χ0) is 16.2. The standard InChI is InChI=1S/C18H15O4P.Na.H/c1-2-21-23(20)22-18-10-9-16(12-17(18)19)15-8-7-13-5-3-4-6-14(13)11-15;;/h3-12H,2H2,1H3;;/q;+1;-1/p+1. The van der Waals surface area contributed by atoms with Gasteiger partial charge in [0.1, 0.15) is 6.61 Å². The summed E-state index contributed by atoms with van der Waals surface area (Å²) in [4.78, 5) is 0. The van der Waals surface area contributed by atoms with E-state index in [4.69, 9.17) is 9.05 Å². The molecular weight excluding hydrogens is 334 g/mol. The SMILES string of the molecule is CCO[P+](=O)Oc1ccc(-c2ccc3ccccc3c2)cc1O.[H-].[Na+]. The molecule has 0 aliphatic rings. The summed E-state index contributed by atoms with van der Waals surface area (Å²) in [6.07, 6.45) is 0. The number of phenols is 1.